The maximum Gasteiger partial charge on any atom is 0.230 e. The number of benzene rings is 2. The van der Waals surface area contributed by atoms with Crippen molar-refractivity contribution < 1.29 is 4.79 Å². The predicted octanol–water partition coefficient (Wildman–Crippen LogP) is 2.94. The minimum Gasteiger partial charge on any atom is -0.349 e. The first-order chi connectivity index (χ1) is 12.1. The Kier molecular flexibility index (Phi) is 5.45. The highest BCUT2D eigenvalue weighted by Crippen LogP contribution is 2.19. The van der Waals surface area contributed by atoms with Gasteiger partial charge in [0.15, 0.2) is 0 Å². The lowest BCUT2D eigenvalue weighted by molar-refractivity contribution is -0.119. The Labute approximate surface area is 150 Å². The first-order valence-corrected chi connectivity index (χ1v) is 8.94. The lowest BCUT2D eigenvalue weighted by atomic mass is 10.1. The molecule has 0 saturated carbocycles. The molecule has 6 nitrogen and oxygen atoms in total. The first kappa shape index (κ1) is 17.2. The van der Waals surface area contributed by atoms with Crippen molar-refractivity contribution in [2.24, 2.45) is 0 Å². The fourth-order valence-electron chi connectivity index (χ4n) is 2.36. The molecule has 25 heavy (non-hydrogen) atoms. The monoisotopic (exact) mass is 353 g/mol. The van der Waals surface area contributed by atoms with E-state index in [4.69, 9.17) is 0 Å². The van der Waals surface area contributed by atoms with Gasteiger partial charge in [-0.05, 0) is 42.0 Å². The molecule has 1 heterocycles. The third kappa shape index (κ3) is 4.45. The quantitative estimate of drug-likeness (QED) is 0.690. The van der Waals surface area contributed by atoms with Crippen molar-refractivity contribution in [2.45, 2.75) is 25.0 Å². The van der Waals surface area contributed by atoms with Gasteiger partial charge in [-0.2, -0.15) is 4.68 Å². The number of hydrogen-bond acceptors (Lipinski definition) is 5. The molecular formula is C18H19N5OS. The van der Waals surface area contributed by atoms with Crippen LogP contribution in [0.4, 0.5) is 0 Å². The van der Waals surface area contributed by atoms with Gasteiger partial charge < -0.3 is 5.32 Å². The molecule has 0 aliphatic heterocycles. The number of hydrogen-bond donors (Lipinski definition) is 1. The molecule has 2 aromatic carbocycles. The average Bonchev–Trinajstić information content (AvgIpc) is 3.10. The third-order valence-electron chi connectivity index (χ3n) is 3.73. The van der Waals surface area contributed by atoms with E-state index in [0.717, 1.165) is 11.3 Å². The predicted molar refractivity (Wildman–Crippen MR) is 97.6 cm³/mol. The van der Waals surface area contributed by atoms with E-state index in [1.54, 1.807) is 4.68 Å². The Morgan fingerprint density at radius 3 is 2.60 bits per heavy atom. The van der Waals surface area contributed by atoms with Crippen LogP contribution in [0.5, 0.6) is 0 Å². The van der Waals surface area contributed by atoms with Crippen molar-refractivity contribution >= 4 is 17.7 Å². The molecule has 0 aliphatic rings. The Hall–Kier alpha value is -2.67. The number of nitrogens with zero attached hydrogens (tertiary/aromatic N) is 4. The number of amides is 1. The van der Waals surface area contributed by atoms with Crippen LogP contribution in [0.3, 0.4) is 0 Å². The van der Waals surface area contributed by atoms with Gasteiger partial charge in [-0.1, -0.05) is 59.8 Å². The highest BCUT2D eigenvalue weighted by Gasteiger charge is 2.13. The molecule has 0 aliphatic carbocycles. The molecule has 3 rings (SSSR count). The first-order valence-electron chi connectivity index (χ1n) is 7.96. The molecule has 0 spiro atoms. The van der Waals surface area contributed by atoms with Crippen LogP contribution in [0.25, 0.3) is 5.69 Å². The fourth-order valence-corrected chi connectivity index (χ4v) is 3.06. The van der Waals surface area contributed by atoms with E-state index >= 15 is 0 Å². The summed E-state index contributed by atoms with van der Waals surface area (Å²) in [6.45, 7) is 3.99. The highest BCUT2D eigenvalue weighted by atomic mass is 32.2. The van der Waals surface area contributed by atoms with Crippen LogP contribution in [-0.2, 0) is 4.79 Å². The Morgan fingerprint density at radius 2 is 1.88 bits per heavy atom. The van der Waals surface area contributed by atoms with Gasteiger partial charge in [0.1, 0.15) is 0 Å². The van der Waals surface area contributed by atoms with E-state index in [0.29, 0.717) is 5.16 Å². The van der Waals surface area contributed by atoms with Crippen LogP contribution in [0.2, 0.25) is 0 Å². The smallest absolute Gasteiger partial charge is 0.230 e. The Morgan fingerprint density at radius 1 is 1.16 bits per heavy atom. The van der Waals surface area contributed by atoms with Crippen LogP contribution in [0.15, 0.2) is 59.8 Å². The summed E-state index contributed by atoms with van der Waals surface area (Å²) < 4.78 is 1.64. The number of aryl methyl sites for hydroxylation is 1. The third-order valence-corrected chi connectivity index (χ3v) is 4.65. The maximum atomic E-state index is 12.2. The molecule has 0 unspecified atom stereocenters. The summed E-state index contributed by atoms with van der Waals surface area (Å²) in [7, 11) is 0. The molecule has 0 saturated heterocycles. The minimum atomic E-state index is -0.0557. The minimum absolute atomic E-state index is 0.0395. The van der Waals surface area contributed by atoms with Crippen molar-refractivity contribution in [2.75, 3.05) is 5.75 Å². The molecule has 1 atom stereocenters. The summed E-state index contributed by atoms with van der Waals surface area (Å²) in [6, 6.07) is 17.7. The zero-order valence-electron chi connectivity index (χ0n) is 14.1. The summed E-state index contributed by atoms with van der Waals surface area (Å²) >= 11 is 1.31. The fraction of sp³-hybridized carbons (Fsp3) is 0.222. The molecule has 128 valence electrons. The highest BCUT2D eigenvalue weighted by molar-refractivity contribution is 7.99. The van der Waals surface area contributed by atoms with Gasteiger partial charge in [-0.3, -0.25) is 4.79 Å². The van der Waals surface area contributed by atoms with Crippen molar-refractivity contribution in [3.05, 3.63) is 65.7 Å². The molecule has 7 heteroatoms. The second kappa shape index (κ2) is 7.94. The van der Waals surface area contributed by atoms with Gasteiger partial charge in [0.25, 0.3) is 0 Å². The van der Waals surface area contributed by atoms with E-state index < -0.39 is 0 Å². The summed E-state index contributed by atoms with van der Waals surface area (Å²) in [5.74, 6) is 0.198. The molecule has 0 bridgehead atoms. The van der Waals surface area contributed by atoms with Crippen LogP contribution in [0.1, 0.15) is 24.1 Å². The number of tetrazole rings is 1. The zero-order chi connectivity index (χ0) is 17.6. The number of carbonyl (C=O) groups is 1. The summed E-state index contributed by atoms with van der Waals surface area (Å²) in [6.07, 6.45) is 0. The number of thioether (sulfide) groups is 1. The number of nitrogens with one attached hydrogen (secondary N) is 1. The molecular weight excluding hydrogens is 334 g/mol. The van der Waals surface area contributed by atoms with Crippen LogP contribution in [0, 0.1) is 6.92 Å². The SMILES string of the molecule is Cc1ccc(-n2nnnc2SCC(=O)N[C@H](C)c2ccccc2)cc1. The van der Waals surface area contributed by atoms with E-state index in [2.05, 4.69) is 20.8 Å². The van der Waals surface area contributed by atoms with Crippen molar-refractivity contribution in [3.8, 4) is 5.69 Å². The summed E-state index contributed by atoms with van der Waals surface area (Å²) in [5.41, 5.74) is 3.11. The van der Waals surface area contributed by atoms with Crippen molar-refractivity contribution in [1.29, 1.82) is 0 Å². The van der Waals surface area contributed by atoms with Gasteiger partial charge in [0, 0.05) is 0 Å². The van der Waals surface area contributed by atoms with Gasteiger partial charge in [0.2, 0.25) is 11.1 Å². The lowest BCUT2D eigenvalue weighted by Gasteiger charge is -2.14. The standard InChI is InChI=1S/C18H19N5OS/c1-13-8-10-16(11-9-13)23-18(20-21-22-23)25-12-17(24)19-14(2)15-6-4-3-5-7-15/h3-11,14H,12H2,1-2H3,(H,19,24)/t14-/m1/s1. The van der Waals surface area contributed by atoms with E-state index in [-0.39, 0.29) is 17.7 Å². The van der Waals surface area contributed by atoms with Crippen LogP contribution < -0.4 is 5.32 Å². The normalized spacial score (nSPS) is 11.9. The van der Waals surface area contributed by atoms with Gasteiger partial charge >= 0.3 is 0 Å². The number of aromatic nitrogens is 4. The average molecular weight is 353 g/mol. The Bertz CT molecular complexity index is 832. The van der Waals surface area contributed by atoms with E-state index in [1.165, 1.54) is 17.3 Å². The van der Waals surface area contributed by atoms with E-state index in [1.807, 2.05) is 68.4 Å². The maximum absolute atomic E-state index is 12.2. The molecule has 1 N–H and O–H groups in total. The van der Waals surface area contributed by atoms with Crippen molar-refractivity contribution in [3.63, 3.8) is 0 Å². The number of carbonyl (C=O) groups excluding carboxylic acids is 1. The molecule has 1 aromatic heterocycles. The van der Waals surface area contributed by atoms with Gasteiger partial charge in [0.05, 0.1) is 17.5 Å². The van der Waals surface area contributed by atoms with Crippen molar-refractivity contribution in [1.82, 2.24) is 25.5 Å². The second-order valence-corrected chi connectivity index (χ2v) is 6.64. The summed E-state index contributed by atoms with van der Waals surface area (Å²) in [5, 5.41) is 15.3. The topological polar surface area (TPSA) is 72.7 Å². The van der Waals surface area contributed by atoms with E-state index in [9.17, 15) is 4.79 Å². The Balaban J connectivity index is 1.60. The van der Waals surface area contributed by atoms with Gasteiger partial charge in [-0.25, -0.2) is 0 Å². The van der Waals surface area contributed by atoms with Crippen LogP contribution >= 0.6 is 11.8 Å². The van der Waals surface area contributed by atoms with Crippen LogP contribution in [-0.4, -0.2) is 31.9 Å². The summed E-state index contributed by atoms with van der Waals surface area (Å²) in [4.78, 5) is 12.2. The molecule has 1 amide bonds. The van der Waals surface area contributed by atoms with Gasteiger partial charge in [-0.15, -0.1) is 5.10 Å². The second-order valence-electron chi connectivity index (χ2n) is 5.70. The molecule has 0 radical (unpaired) electrons. The molecule has 3 aromatic rings. The lowest BCUT2D eigenvalue weighted by Crippen LogP contribution is -2.28. The largest absolute Gasteiger partial charge is 0.349 e. The number of rotatable bonds is 6. The zero-order valence-corrected chi connectivity index (χ0v) is 14.9. The molecule has 0 fully saturated rings.